The maximum absolute atomic E-state index is 12.8. The van der Waals surface area contributed by atoms with Crippen molar-refractivity contribution in [3.05, 3.63) is 23.8 Å². The zero-order valence-electron chi connectivity index (χ0n) is 24.0. The van der Waals surface area contributed by atoms with Crippen LogP contribution in [0.25, 0.3) is 0 Å². The minimum Gasteiger partial charge on any atom is -0.460 e. The van der Waals surface area contributed by atoms with Gasteiger partial charge in [0.2, 0.25) is 0 Å². The van der Waals surface area contributed by atoms with Gasteiger partial charge >= 0.3 is 11.9 Å². The SMILES string of the molecule is C=C1C2CC3C(C(C)C)C(OC(=O)C(O)CCCC)CC3(C)CC2C(C)=CCC2C(C)OC(=O)C(O)C12O. The summed E-state index contributed by atoms with van der Waals surface area (Å²) in [6.07, 6.45) is 3.42. The molecule has 1 saturated heterocycles. The highest BCUT2D eigenvalue weighted by Crippen LogP contribution is 2.63. The van der Waals surface area contributed by atoms with Crippen LogP contribution in [-0.2, 0) is 19.1 Å². The average Bonchev–Trinajstić information content (AvgIpc) is 3.14. The summed E-state index contributed by atoms with van der Waals surface area (Å²) in [6.45, 7) is 16.9. The molecule has 0 spiro atoms. The van der Waals surface area contributed by atoms with Gasteiger partial charge in [0.05, 0.1) is 0 Å². The second-order valence-corrected chi connectivity index (χ2v) is 13.3. The quantitative estimate of drug-likeness (QED) is 0.345. The summed E-state index contributed by atoms with van der Waals surface area (Å²) < 4.78 is 11.4. The normalized spacial score (nSPS) is 43.7. The number of cyclic esters (lactones) is 1. The molecule has 7 nitrogen and oxygen atoms in total. The topological polar surface area (TPSA) is 113 Å². The van der Waals surface area contributed by atoms with Crippen LogP contribution in [0.5, 0.6) is 0 Å². The molecular weight excluding hydrogens is 484 g/mol. The van der Waals surface area contributed by atoms with Gasteiger partial charge in [0.25, 0.3) is 0 Å². The molecule has 1 heterocycles. The van der Waals surface area contributed by atoms with Gasteiger partial charge in [-0.3, -0.25) is 0 Å². The summed E-state index contributed by atoms with van der Waals surface area (Å²) in [5, 5.41) is 33.3. The van der Waals surface area contributed by atoms with Crippen LogP contribution in [0.15, 0.2) is 23.8 Å². The van der Waals surface area contributed by atoms with E-state index in [1.807, 2.05) is 6.92 Å². The summed E-state index contributed by atoms with van der Waals surface area (Å²) in [6, 6.07) is 0. The van der Waals surface area contributed by atoms with Gasteiger partial charge in [-0.15, -0.1) is 0 Å². The third kappa shape index (κ3) is 4.77. The molecule has 0 aromatic carbocycles. The van der Waals surface area contributed by atoms with Gasteiger partial charge in [-0.05, 0) is 80.6 Å². The maximum atomic E-state index is 12.8. The summed E-state index contributed by atoms with van der Waals surface area (Å²) in [7, 11) is 0. The van der Waals surface area contributed by atoms with Crippen molar-refractivity contribution in [2.75, 3.05) is 0 Å². The molecule has 0 aromatic rings. The minimum atomic E-state index is -1.76. The Bertz CT molecular complexity index is 971. The summed E-state index contributed by atoms with van der Waals surface area (Å²) in [5.41, 5.74) is -0.100. The lowest BCUT2D eigenvalue weighted by atomic mass is 9.53. The first-order valence-electron chi connectivity index (χ1n) is 14.6. The average molecular weight is 533 g/mol. The molecule has 3 N–H and O–H groups in total. The number of aliphatic hydroxyl groups is 3. The van der Waals surface area contributed by atoms with Crippen LogP contribution in [0.2, 0.25) is 0 Å². The first kappa shape index (κ1) is 29.3. The van der Waals surface area contributed by atoms with E-state index in [0.29, 0.717) is 18.4 Å². The third-order valence-electron chi connectivity index (χ3n) is 10.6. The molecule has 2 saturated carbocycles. The highest BCUT2D eigenvalue weighted by Gasteiger charge is 2.62. The number of allylic oxidation sites excluding steroid dienone is 2. The Morgan fingerprint density at radius 2 is 1.95 bits per heavy atom. The van der Waals surface area contributed by atoms with Crippen molar-refractivity contribution in [1.82, 2.24) is 0 Å². The Morgan fingerprint density at radius 3 is 2.58 bits per heavy atom. The highest BCUT2D eigenvalue weighted by atomic mass is 16.6. The number of carbonyl (C=O) groups is 2. The van der Waals surface area contributed by atoms with Crippen molar-refractivity contribution in [2.45, 2.75) is 117 Å². The van der Waals surface area contributed by atoms with Crippen LogP contribution in [0, 0.1) is 40.9 Å². The number of aliphatic hydroxyl groups excluding tert-OH is 2. The van der Waals surface area contributed by atoms with Gasteiger partial charge in [0, 0.05) is 11.8 Å². The molecule has 1 aliphatic heterocycles. The molecule has 3 aliphatic carbocycles. The molecule has 214 valence electrons. The highest BCUT2D eigenvalue weighted by molar-refractivity contribution is 5.78. The third-order valence-corrected chi connectivity index (χ3v) is 10.6. The molecule has 0 radical (unpaired) electrons. The smallest absolute Gasteiger partial charge is 0.338 e. The van der Waals surface area contributed by atoms with Crippen molar-refractivity contribution in [3.63, 3.8) is 0 Å². The summed E-state index contributed by atoms with van der Waals surface area (Å²) >= 11 is 0. The Labute approximate surface area is 227 Å². The fraction of sp³-hybridized carbons (Fsp3) is 0.806. The Morgan fingerprint density at radius 1 is 1.26 bits per heavy atom. The van der Waals surface area contributed by atoms with E-state index in [1.165, 1.54) is 5.57 Å². The second kappa shape index (κ2) is 10.7. The van der Waals surface area contributed by atoms with Crippen molar-refractivity contribution < 1.29 is 34.4 Å². The van der Waals surface area contributed by atoms with E-state index >= 15 is 0 Å². The number of unbranched alkanes of at least 4 members (excludes halogenated alkanes) is 1. The van der Waals surface area contributed by atoms with Gasteiger partial charge in [0.15, 0.2) is 12.2 Å². The number of ether oxygens (including phenoxy) is 2. The molecule has 4 aliphatic rings. The van der Waals surface area contributed by atoms with Gasteiger partial charge in [-0.1, -0.05) is 58.8 Å². The Balaban J connectivity index is 1.67. The number of fused-ring (bicyclic) bond motifs is 3. The van der Waals surface area contributed by atoms with Crippen LogP contribution in [0.1, 0.15) is 86.5 Å². The predicted octanol–water partition coefficient (Wildman–Crippen LogP) is 4.33. The van der Waals surface area contributed by atoms with E-state index in [4.69, 9.17) is 9.47 Å². The molecule has 11 atom stereocenters. The largest absolute Gasteiger partial charge is 0.460 e. The number of hydrogen-bond donors (Lipinski definition) is 3. The van der Waals surface area contributed by atoms with E-state index in [0.717, 1.165) is 32.1 Å². The number of esters is 2. The maximum Gasteiger partial charge on any atom is 0.338 e. The molecule has 38 heavy (non-hydrogen) atoms. The minimum absolute atomic E-state index is 0.0938. The van der Waals surface area contributed by atoms with Gasteiger partial charge in [-0.25, -0.2) is 9.59 Å². The fourth-order valence-electron chi connectivity index (χ4n) is 8.47. The molecule has 4 rings (SSSR count). The van der Waals surface area contributed by atoms with Crippen molar-refractivity contribution in [3.8, 4) is 0 Å². The molecule has 7 heteroatoms. The van der Waals surface area contributed by atoms with Crippen molar-refractivity contribution in [2.24, 2.45) is 40.9 Å². The lowest BCUT2D eigenvalue weighted by molar-refractivity contribution is -0.209. The zero-order valence-corrected chi connectivity index (χ0v) is 24.0. The monoisotopic (exact) mass is 532 g/mol. The van der Waals surface area contributed by atoms with E-state index in [-0.39, 0.29) is 41.1 Å². The summed E-state index contributed by atoms with van der Waals surface area (Å²) in [5.74, 6) is -1.30. The van der Waals surface area contributed by atoms with E-state index in [2.05, 4.69) is 40.3 Å². The molecule has 0 amide bonds. The lowest BCUT2D eigenvalue weighted by Gasteiger charge is -2.54. The van der Waals surface area contributed by atoms with E-state index in [9.17, 15) is 24.9 Å². The van der Waals surface area contributed by atoms with E-state index in [1.54, 1.807) is 6.92 Å². The first-order valence-corrected chi connectivity index (χ1v) is 14.6. The Hall–Kier alpha value is -1.70. The van der Waals surface area contributed by atoms with E-state index < -0.39 is 41.8 Å². The molecule has 0 aromatic heterocycles. The molecule has 3 fully saturated rings. The van der Waals surface area contributed by atoms with Crippen LogP contribution >= 0.6 is 0 Å². The standard InChI is InChI=1S/C31H48O7/c1-8-9-10-24(32)28(34)38-25-15-30(7)14-21-17(4)11-12-22-19(6)37-29(35)27(33)31(22,36)18(5)20(21)13-23(30)26(25)16(2)3/h11,16,19-27,32-33,36H,5,8-10,12-15H2,1-4,6-7H3. The second-order valence-electron chi connectivity index (χ2n) is 13.3. The number of hydrogen-bond acceptors (Lipinski definition) is 7. The molecular formula is C31H48O7. The lowest BCUT2D eigenvalue weighted by Crippen LogP contribution is -2.63. The molecule has 11 unspecified atom stereocenters. The van der Waals surface area contributed by atoms with Crippen LogP contribution < -0.4 is 0 Å². The van der Waals surface area contributed by atoms with Crippen LogP contribution in [-0.4, -0.2) is 57.3 Å². The zero-order chi connectivity index (χ0) is 28.2. The van der Waals surface area contributed by atoms with Gasteiger partial charge < -0.3 is 24.8 Å². The van der Waals surface area contributed by atoms with Crippen LogP contribution in [0.4, 0.5) is 0 Å². The predicted molar refractivity (Wildman–Crippen MR) is 144 cm³/mol. The van der Waals surface area contributed by atoms with Gasteiger partial charge in [0.1, 0.15) is 17.8 Å². The number of rotatable bonds is 6. The number of carbonyl (C=O) groups excluding carboxylic acids is 2. The molecule has 0 bridgehead atoms. The first-order chi connectivity index (χ1) is 17.8. The van der Waals surface area contributed by atoms with Crippen molar-refractivity contribution in [1.29, 1.82) is 0 Å². The Kier molecular flexibility index (Phi) is 8.25. The van der Waals surface area contributed by atoms with Crippen LogP contribution in [0.3, 0.4) is 0 Å². The van der Waals surface area contributed by atoms with Crippen molar-refractivity contribution >= 4 is 11.9 Å². The fourth-order valence-corrected chi connectivity index (χ4v) is 8.47. The summed E-state index contributed by atoms with van der Waals surface area (Å²) in [4.78, 5) is 25.3. The van der Waals surface area contributed by atoms with Gasteiger partial charge in [-0.2, -0.15) is 0 Å².